The Balaban J connectivity index is 2.32. The number of carbonyl (C=O) groups excluding carboxylic acids is 1. The van der Waals surface area contributed by atoms with Gasteiger partial charge in [-0.05, 0) is 12.8 Å². The van der Waals surface area contributed by atoms with Gasteiger partial charge in [-0.25, -0.2) is 0 Å². The molecule has 1 saturated heterocycles. The highest BCUT2D eigenvalue weighted by Gasteiger charge is 2.22. The van der Waals surface area contributed by atoms with Gasteiger partial charge in [-0.2, -0.15) is 0 Å². The summed E-state index contributed by atoms with van der Waals surface area (Å²) < 4.78 is 0. The lowest BCUT2D eigenvalue weighted by atomic mass is 10.2. The fourth-order valence-electron chi connectivity index (χ4n) is 1.96. The minimum absolute atomic E-state index is 0.0826. The molecular weight excluding hydrogens is 190 g/mol. The zero-order chi connectivity index (χ0) is 11.4. The fraction of sp³-hybridized carbons (Fsp3) is 0.909. The summed E-state index contributed by atoms with van der Waals surface area (Å²) in [6.07, 6.45) is 0. The molecule has 15 heavy (non-hydrogen) atoms. The summed E-state index contributed by atoms with van der Waals surface area (Å²) in [4.78, 5) is 15.9. The standard InChI is InChI=1S/C11H23N3O/c1-9(2)8-13-4-6-14(7-5-13)11(15)10(3)12/h9-10H,4-8,12H2,1-3H3. The smallest absolute Gasteiger partial charge is 0.239 e. The van der Waals surface area contributed by atoms with Crippen molar-refractivity contribution in [3.05, 3.63) is 0 Å². The molecule has 1 aliphatic rings. The van der Waals surface area contributed by atoms with E-state index < -0.39 is 0 Å². The Labute approximate surface area is 92.4 Å². The number of hydrogen-bond acceptors (Lipinski definition) is 3. The van der Waals surface area contributed by atoms with Crippen LogP contribution in [-0.2, 0) is 4.79 Å². The molecule has 0 aromatic rings. The summed E-state index contributed by atoms with van der Waals surface area (Å²) >= 11 is 0. The van der Waals surface area contributed by atoms with E-state index in [0.717, 1.165) is 32.7 Å². The van der Waals surface area contributed by atoms with Gasteiger partial charge in [0, 0.05) is 32.7 Å². The molecule has 1 amide bonds. The van der Waals surface area contributed by atoms with Crippen LogP contribution in [0.2, 0.25) is 0 Å². The van der Waals surface area contributed by atoms with Crippen molar-refractivity contribution in [3.63, 3.8) is 0 Å². The number of rotatable bonds is 3. The first-order chi connectivity index (χ1) is 7.00. The average Bonchev–Trinajstić information content (AvgIpc) is 2.17. The highest BCUT2D eigenvalue weighted by atomic mass is 16.2. The van der Waals surface area contributed by atoms with Gasteiger partial charge in [0.05, 0.1) is 6.04 Å². The molecule has 1 unspecified atom stereocenters. The van der Waals surface area contributed by atoms with Crippen molar-refractivity contribution < 1.29 is 4.79 Å². The van der Waals surface area contributed by atoms with E-state index in [1.54, 1.807) is 6.92 Å². The van der Waals surface area contributed by atoms with Gasteiger partial charge in [-0.15, -0.1) is 0 Å². The summed E-state index contributed by atoms with van der Waals surface area (Å²) in [5.41, 5.74) is 5.58. The SMILES string of the molecule is CC(C)CN1CCN(C(=O)C(C)N)CC1. The molecule has 0 spiro atoms. The Morgan fingerprint density at radius 3 is 2.13 bits per heavy atom. The van der Waals surface area contributed by atoms with Crippen LogP contribution in [0.4, 0.5) is 0 Å². The van der Waals surface area contributed by atoms with E-state index in [9.17, 15) is 4.79 Å². The monoisotopic (exact) mass is 213 g/mol. The van der Waals surface area contributed by atoms with Gasteiger partial charge in [0.2, 0.25) is 5.91 Å². The molecule has 2 N–H and O–H groups in total. The highest BCUT2D eigenvalue weighted by Crippen LogP contribution is 2.06. The van der Waals surface area contributed by atoms with E-state index in [-0.39, 0.29) is 11.9 Å². The number of nitrogens with two attached hydrogens (primary N) is 1. The Morgan fingerprint density at radius 2 is 1.73 bits per heavy atom. The largest absolute Gasteiger partial charge is 0.339 e. The van der Waals surface area contributed by atoms with Gasteiger partial charge in [-0.1, -0.05) is 13.8 Å². The molecule has 0 bridgehead atoms. The van der Waals surface area contributed by atoms with Crippen molar-refractivity contribution in [3.8, 4) is 0 Å². The van der Waals surface area contributed by atoms with Crippen molar-refractivity contribution in [2.45, 2.75) is 26.8 Å². The zero-order valence-corrected chi connectivity index (χ0v) is 10.1. The molecule has 1 heterocycles. The third-order valence-electron chi connectivity index (χ3n) is 2.70. The van der Waals surface area contributed by atoms with Crippen LogP contribution in [0.1, 0.15) is 20.8 Å². The second-order valence-corrected chi connectivity index (χ2v) is 4.81. The van der Waals surface area contributed by atoms with E-state index in [1.165, 1.54) is 0 Å². The summed E-state index contributed by atoms with van der Waals surface area (Å²) in [6, 6.07) is -0.360. The van der Waals surface area contributed by atoms with E-state index in [1.807, 2.05) is 4.90 Å². The Kier molecular flexibility index (Phi) is 4.54. The number of carbonyl (C=O) groups is 1. The van der Waals surface area contributed by atoms with Crippen LogP contribution in [-0.4, -0.2) is 54.5 Å². The van der Waals surface area contributed by atoms with Crippen LogP contribution in [0.3, 0.4) is 0 Å². The first kappa shape index (κ1) is 12.5. The first-order valence-electron chi connectivity index (χ1n) is 5.77. The molecule has 1 rings (SSSR count). The number of piperazine rings is 1. The lowest BCUT2D eigenvalue weighted by Crippen LogP contribution is -2.52. The maximum absolute atomic E-state index is 11.6. The van der Waals surface area contributed by atoms with Gasteiger partial charge in [0.25, 0.3) is 0 Å². The van der Waals surface area contributed by atoms with Crippen LogP contribution < -0.4 is 5.73 Å². The Hall–Kier alpha value is -0.610. The summed E-state index contributed by atoms with van der Waals surface area (Å²) in [6.45, 7) is 10.9. The second kappa shape index (κ2) is 5.47. The van der Waals surface area contributed by atoms with Crippen molar-refractivity contribution in [1.29, 1.82) is 0 Å². The second-order valence-electron chi connectivity index (χ2n) is 4.81. The lowest BCUT2D eigenvalue weighted by molar-refractivity contribution is -0.134. The van der Waals surface area contributed by atoms with Crippen molar-refractivity contribution in [2.75, 3.05) is 32.7 Å². The molecule has 4 heteroatoms. The minimum Gasteiger partial charge on any atom is -0.339 e. The lowest BCUT2D eigenvalue weighted by Gasteiger charge is -2.36. The third kappa shape index (κ3) is 3.80. The first-order valence-corrected chi connectivity index (χ1v) is 5.77. The van der Waals surface area contributed by atoms with Gasteiger partial charge in [0.1, 0.15) is 0 Å². The number of amides is 1. The topological polar surface area (TPSA) is 49.6 Å². The average molecular weight is 213 g/mol. The predicted octanol–water partition coefficient (Wildman–Crippen LogP) is 0.134. The van der Waals surface area contributed by atoms with Crippen molar-refractivity contribution in [2.24, 2.45) is 11.7 Å². The van der Waals surface area contributed by atoms with Gasteiger partial charge in [0.15, 0.2) is 0 Å². The van der Waals surface area contributed by atoms with E-state index >= 15 is 0 Å². The van der Waals surface area contributed by atoms with E-state index in [0.29, 0.717) is 5.92 Å². The summed E-state index contributed by atoms with van der Waals surface area (Å²) in [5.74, 6) is 0.778. The molecule has 0 aliphatic carbocycles. The van der Waals surface area contributed by atoms with E-state index in [2.05, 4.69) is 18.7 Å². The molecule has 0 aromatic carbocycles. The fourth-order valence-corrected chi connectivity index (χ4v) is 1.96. The van der Waals surface area contributed by atoms with Crippen LogP contribution in [0.25, 0.3) is 0 Å². The quantitative estimate of drug-likeness (QED) is 0.725. The summed E-state index contributed by atoms with van der Waals surface area (Å²) in [5, 5.41) is 0. The zero-order valence-electron chi connectivity index (χ0n) is 10.1. The van der Waals surface area contributed by atoms with Crippen LogP contribution in [0, 0.1) is 5.92 Å². The molecule has 0 radical (unpaired) electrons. The molecule has 0 saturated carbocycles. The maximum atomic E-state index is 11.6. The molecule has 1 aliphatic heterocycles. The van der Waals surface area contributed by atoms with Gasteiger partial charge >= 0.3 is 0 Å². The minimum atomic E-state index is -0.360. The Morgan fingerprint density at radius 1 is 1.20 bits per heavy atom. The van der Waals surface area contributed by atoms with Crippen molar-refractivity contribution in [1.82, 2.24) is 9.80 Å². The van der Waals surface area contributed by atoms with E-state index in [4.69, 9.17) is 5.73 Å². The highest BCUT2D eigenvalue weighted by molar-refractivity contribution is 5.81. The molecule has 1 fully saturated rings. The molecule has 4 nitrogen and oxygen atoms in total. The van der Waals surface area contributed by atoms with Crippen LogP contribution in [0.15, 0.2) is 0 Å². The third-order valence-corrected chi connectivity index (χ3v) is 2.70. The maximum Gasteiger partial charge on any atom is 0.239 e. The number of hydrogen-bond donors (Lipinski definition) is 1. The number of nitrogens with zero attached hydrogens (tertiary/aromatic N) is 2. The summed E-state index contributed by atoms with van der Waals surface area (Å²) in [7, 11) is 0. The van der Waals surface area contributed by atoms with Crippen molar-refractivity contribution >= 4 is 5.91 Å². The Bertz CT molecular complexity index is 208. The van der Waals surface area contributed by atoms with Crippen LogP contribution in [0.5, 0.6) is 0 Å². The van der Waals surface area contributed by atoms with Gasteiger partial charge in [-0.3, -0.25) is 9.69 Å². The molecule has 1 atom stereocenters. The molecular formula is C11H23N3O. The van der Waals surface area contributed by atoms with Crippen LogP contribution >= 0.6 is 0 Å². The molecule has 88 valence electrons. The molecule has 0 aromatic heterocycles. The normalized spacial score (nSPS) is 20.7. The van der Waals surface area contributed by atoms with Gasteiger partial charge < -0.3 is 10.6 Å². The predicted molar refractivity (Wildman–Crippen MR) is 61.5 cm³/mol.